The molecule has 0 radical (unpaired) electrons. The predicted molar refractivity (Wildman–Crippen MR) is 116 cm³/mol. The SMILES string of the molecule is O=C(Nc1sc2c(c1C(=O)NC1CCCCC1)CCCCC2)c1ccccc1O. The Kier molecular flexibility index (Phi) is 6.19. The molecule has 3 N–H and O–H groups in total. The van der Waals surface area contributed by atoms with Gasteiger partial charge in [0.25, 0.3) is 11.8 Å². The molecule has 0 unspecified atom stereocenters. The van der Waals surface area contributed by atoms with Crippen molar-refractivity contribution >= 4 is 28.2 Å². The van der Waals surface area contributed by atoms with Crippen molar-refractivity contribution in [1.82, 2.24) is 5.32 Å². The van der Waals surface area contributed by atoms with Crippen LogP contribution in [0, 0.1) is 0 Å². The van der Waals surface area contributed by atoms with Crippen LogP contribution in [0.2, 0.25) is 0 Å². The van der Waals surface area contributed by atoms with Crippen molar-refractivity contribution in [3.63, 3.8) is 0 Å². The molecule has 1 aromatic carbocycles. The molecule has 1 fully saturated rings. The number of fused-ring (bicyclic) bond motifs is 1. The van der Waals surface area contributed by atoms with Crippen molar-refractivity contribution in [2.45, 2.75) is 70.3 Å². The summed E-state index contributed by atoms with van der Waals surface area (Å²) in [5.74, 6) is -0.508. The van der Waals surface area contributed by atoms with E-state index in [1.807, 2.05) is 0 Å². The second-order valence-electron chi connectivity index (χ2n) is 8.05. The van der Waals surface area contributed by atoms with Crippen LogP contribution in [0.15, 0.2) is 24.3 Å². The van der Waals surface area contributed by atoms with Crippen LogP contribution >= 0.6 is 11.3 Å². The number of anilines is 1. The fourth-order valence-corrected chi connectivity index (χ4v) is 5.69. The minimum absolute atomic E-state index is 0.0590. The number of benzene rings is 1. The van der Waals surface area contributed by atoms with Crippen molar-refractivity contribution in [3.8, 4) is 5.75 Å². The number of para-hydroxylation sites is 1. The number of amides is 2. The zero-order valence-electron chi connectivity index (χ0n) is 16.6. The molecule has 6 heteroatoms. The van der Waals surface area contributed by atoms with Crippen LogP contribution in [-0.4, -0.2) is 23.0 Å². The number of aromatic hydroxyl groups is 1. The smallest absolute Gasteiger partial charge is 0.260 e. The van der Waals surface area contributed by atoms with E-state index in [0.29, 0.717) is 10.6 Å². The third kappa shape index (κ3) is 4.47. The molecule has 1 heterocycles. The van der Waals surface area contributed by atoms with Gasteiger partial charge in [-0.15, -0.1) is 11.3 Å². The number of carbonyl (C=O) groups is 2. The Labute approximate surface area is 175 Å². The second kappa shape index (κ2) is 8.99. The predicted octanol–water partition coefficient (Wildman–Crippen LogP) is 5.04. The van der Waals surface area contributed by atoms with Gasteiger partial charge in [0.05, 0.1) is 11.1 Å². The lowest BCUT2D eigenvalue weighted by Crippen LogP contribution is -2.36. The van der Waals surface area contributed by atoms with Crippen LogP contribution in [-0.2, 0) is 12.8 Å². The van der Waals surface area contributed by atoms with Gasteiger partial charge in [-0.05, 0) is 56.2 Å². The van der Waals surface area contributed by atoms with Crippen LogP contribution in [0.4, 0.5) is 5.00 Å². The van der Waals surface area contributed by atoms with Gasteiger partial charge in [0.2, 0.25) is 0 Å². The molecule has 2 aromatic rings. The minimum atomic E-state index is -0.383. The first-order valence-corrected chi connectivity index (χ1v) is 11.5. The van der Waals surface area contributed by atoms with Crippen LogP contribution in [0.25, 0.3) is 0 Å². The molecule has 1 saturated carbocycles. The van der Waals surface area contributed by atoms with Crippen molar-refractivity contribution < 1.29 is 14.7 Å². The van der Waals surface area contributed by atoms with E-state index in [9.17, 15) is 14.7 Å². The maximum atomic E-state index is 13.3. The molecule has 0 aliphatic heterocycles. The lowest BCUT2D eigenvalue weighted by Gasteiger charge is -2.23. The monoisotopic (exact) mass is 412 g/mol. The number of aryl methyl sites for hydroxylation is 1. The molecule has 5 nitrogen and oxygen atoms in total. The summed E-state index contributed by atoms with van der Waals surface area (Å²) in [4.78, 5) is 27.3. The van der Waals surface area contributed by atoms with Crippen molar-refractivity contribution in [2.75, 3.05) is 5.32 Å². The number of hydrogen-bond acceptors (Lipinski definition) is 4. The molecule has 1 aromatic heterocycles. The molecular weight excluding hydrogens is 384 g/mol. The Bertz CT molecular complexity index is 900. The van der Waals surface area contributed by atoms with Crippen LogP contribution in [0.5, 0.6) is 5.75 Å². The van der Waals surface area contributed by atoms with Gasteiger partial charge in [-0.25, -0.2) is 0 Å². The van der Waals surface area contributed by atoms with Gasteiger partial charge < -0.3 is 15.7 Å². The van der Waals surface area contributed by atoms with Crippen molar-refractivity contribution in [1.29, 1.82) is 0 Å². The Morgan fingerprint density at radius 1 is 0.931 bits per heavy atom. The third-order valence-electron chi connectivity index (χ3n) is 5.96. The summed E-state index contributed by atoms with van der Waals surface area (Å²) in [5.41, 5.74) is 1.96. The van der Waals surface area contributed by atoms with E-state index in [4.69, 9.17) is 0 Å². The van der Waals surface area contributed by atoms with Gasteiger partial charge in [0.1, 0.15) is 10.8 Å². The lowest BCUT2D eigenvalue weighted by atomic mass is 9.95. The first-order chi connectivity index (χ1) is 14.1. The molecule has 2 aliphatic carbocycles. The minimum Gasteiger partial charge on any atom is -0.507 e. The maximum absolute atomic E-state index is 13.3. The average Bonchev–Trinajstić information content (AvgIpc) is 2.89. The fourth-order valence-electron chi connectivity index (χ4n) is 4.41. The lowest BCUT2D eigenvalue weighted by molar-refractivity contribution is 0.0928. The Hall–Kier alpha value is -2.34. The standard InChI is InChI=1S/C23H28N2O3S/c26-18-13-8-7-11-16(18)21(27)25-23-20(17-12-5-2-6-14-19(17)29-23)22(28)24-15-9-3-1-4-10-15/h7-8,11,13,15,26H,1-6,9-10,12,14H2,(H,24,28)(H,25,27). The Morgan fingerprint density at radius 3 is 2.45 bits per heavy atom. The molecule has 0 atom stereocenters. The summed E-state index contributed by atoms with van der Waals surface area (Å²) in [6.45, 7) is 0. The molecule has 154 valence electrons. The summed E-state index contributed by atoms with van der Waals surface area (Å²) < 4.78 is 0. The molecule has 0 bridgehead atoms. The summed E-state index contributed by atoms with van der Waals surface area (Å²) in [6, 6.07) is 6.71. The molecule has 29 heavy (non-hydrogen) atoms. The molecule has 4 rings (SSSR count). The van der Waals surface area contributed by atoms with Gasteiger partial charge in [-0.3, -0.25) is 9.59 Å². The van der Waals surface area contributed by atoms with E-state index in [2.05, 4.69) is 10.6 Å². The molecule has 2 amide bonds. The quantitative estimate of drug-likeness (QED) is 0.616. The van der Waals surface area contributed by atoms with Crippen LogP contribution in [0.3, 0.4) is 0 Å². The van der Waals surface area contributed by atoms with Gasteiger partial charge >= 0.3 is 0 Å². The largest absolute Gasteiger partial charge is 0.507 e. The zero-order valence-corrected chi connectivity index (χ0v) is 17.4. The Morgan fingerprint density at radius 2 is 1.66 bits per heavy atom. The van der Waals surface area contributed by atoms with E-state index in [-0.39, 0.29) is 29.2 Å². The number of phenols is 1. The van der Waals surface area contributed by atoms with Gasteiger partial charge in [-0.2, -0.15) is 0 Å². The van der Waals surface area contributed by atoms with Gasteiger partial charge in [-0.1, -0.05) is 37.8 Å². The topological polar surface area (TPSA) is 78.4 Å². The van der Waals surface area contributed by atoms with Gasteiger partial charge in [0.15, 0.2) is 0 Å². The van der Waals surface area contributed by atoms with E-state index in [0.717, 1.165) is 56.9 Å². The highest BCUT2D eigenvalue weighted by Crippen LogP contribution is 2.38. The van der Waals surface area contributed by atoms with E-state index >= 15 is 0 Å². The number of phenolic OH excluding ortho intramolecular Hbond substituents is 1. The first-order valence-electron chi connectivity index (χ1n) is 10.7. The van der Waals surface area contributed by atoms with Crippen molar-refractivity contribution in [3.05, 3.63) is 45.8 Å². The second-order valence-corrected chi connectivity index (χ2v) is 9.15. The normalized spacial score (nSPS) is 17.2. The summed E-state index contributed by atoms with van der Waals surface area (Å²) in [6.07, 6.45) is 10.8. The van der Waals surface area contributed by atoms with Gasteiger partial charge in [0, 0.05) is 10.9 Å². The van der Waals surface area contributed by atoms with Crippen LogP contribution in [0.1, 0.15) is 82.5 Å². The van der Waals surface area contributed by atoms with E-state index in [1.54, 1.807) is 18.2 Å². The van der Waals surface area contributed by atoms with E-state index in [1.165, 1.54) is 35.1 Å². The highest BCUT2D eigenvalue weighted by Gasteiger charge is 2.28. The summed E-state index contributed by atoms with van der Waals surface area (Å²) in [7, 11) is 0. The number of nitrogens with one attached hydrogen (secondary N) is 2. The number of hydrogen-bond donors (Lipinski definition) is 3. The maximum Gasteiger partial charge on any atom is 0.260 e. The Balaban J connectivity index is 1.63. The number of carbonyl (C=O) groups excluding carboxylic acids is 2. The zero-order chi connectivity index (χ0) is 20.2. The number of thiophene rings is 1. The molecule has 0 saturated heterocycles. The van der Waals surface area contributed by atoms with Crippen molar-refractivity contribution in [2.24, 2.45) is 0 Å². The third-order valence-corrected chi connectivity index (χ3v) is 7.17. The molecular formula is C23H28N2O3S. The average molecular weight is 413 g/mol. The molecule has 2 aliphatic rings. The van der Waals surface area contributed by atoms with E-state index < -0.39 is 0 Å². The first kappa shape index (κ1) is 20.0. The summed E-state index contributed by atoms with van der Waals surface area (Å²) >= 11 is 1.52. The van der Waals surface area contributed by atoms with Crippen LogP contribution < -0.4 is 10.6 Å². The summed E-state index contributed by atoms with van der Waals surface area (Å²) in [5, 5.41) is 16.8. The fraction of sp³-hybridized carbons (Fsp3) is 0.478. The highest BCUT2D eigenvalue weighted by atomic mass is 32.1. The molecule has 0 spiro atoms. The number of rotatable bonds is 4. The highest BCUT2D eigenvalue weighted by molar-refractivity contribution is 7.17.